The lowest BCUT2D eigenvalue weighted by atomic mass is 10.3. The van der Waals surface area contributed by atoms with Crippen LogP contribution in [0, 0.1) is 0 Å². The summed E-state index contributed by atoms with van der Waals surface area (Å²) in [6.07, 6.45) is 0.120. The van der Waals surface area contributed by atoms with Gasteiger partial charge < -0.3 is 9.80 Å². The Hall–Kier alpha value is -0.830. The molecule has 0 aromatic heterocycles. The Kier molecular flexibility index (Phi) is 4.14. The van der Waals surface area contributed by atoms with Crippen LogP contribution in [-0.4, -0.2) is 37.2 Å². The van der Waals surface area contributed by atoms with Crippen LogP contribution in [0.5, 0.6) is 0 Å². The van der Waals surface area contributed by atoms with Gasteiger partial charge in [-0.05, 0) is 13.8 Å². The van der Waals surface area contributed by atoms with Crippen molar-refractivity contribution >= 4 is 5.91 Å². The van der Waals surface area contributed by atoms with Crippen LogP contribution in [0.3, 0.4) is 0 Å². The van der Waals surface area contributed by atoms with E-state index in [0.717, 1.165) is 11.0 Å². The molecule has 0 rings (SSSR count). The molecular weight excluding hydrogens is 164 g/mol. The number of nitrogens with zero attached hydrogens (tertiary/aromatic N) is 1. The highest BCUT2D eigenvalue weighted by Gasteiger charge is 2.23. The second-order valence-electron chi connectivity index (χ2n) is 4.02. The van der Waals surface area contributed by atoms with Gasteiger partial charge in [0, 0.05) is 12.5 Å². The van der Waals surface area contributed by atoms with Gasteiger partial charge in [0.15, 0.2) is 6.17 Å². The van der Waals surface area contributed by atoms with Crippen molar-refractivity contribution < 1.29 is 9.28 Å². The molecule has 76 valence electrons. The van der Waals surface area contributed by atoms with Gasteiger partial charge in [0.2, 0.25) is 0 Å². The fraction of sp³-hybridized carbons (Fsp3) is 0.700. The molecule has 3 nitrogen and oxygen atoms in total. The number of nitrogens with one attached hydrogen (secondary N) is 1. The zero-order chi connectivity index (χ0) is 10.6. The van der Waals surface area contributed by atoms with Crippen LogP contribution in [0.25, 0.3) is 0 Å². The van der Waals surface area contributed by atoms with E-state index in [2.05, 4.69) is 32.9 Å². The summed E-state index contributed by atoms with van der Waals surface area (Å²) in [5, 5.41) is 2.90. The molecular formula is C10H21N2O+. The Bertz CT molecular complexity index is 209. The molecule has 0 saturated carbocycles. The maximum Gasteiger partial charge on any atom is 0.250 e. The van der Waals surface area contributed by atoms with Crippen LogP contribution >= 0.6 is 0 Å². The summed E-state index contributed by atoms with van der Waals surface area (Å²) in [5.41, 5.74) is 0.558. The summed E-state index contributed by atoms with van der Waals surface area (Å²) in [4.78, 5) is 11.3. The van der Waals surface area contributed by atoms with Crippen LogP contribution in [0.15, 0.2) is 12.2 Å². The molecule has 0 aliphatic rings. The van der Waals surface area contributed by atoms with Gasteiger partial charge >= 0.3 is 0 Å². The maximum absolute atomic E-state index is 11.3. The molecule has 13 heavy (non-hydrogen) atoms. The summed E-state index contributed by atoms with van der Waals surface area (Å²) in [5.74, 6) is -0.0628. The molecule has 0 bridgehead atoms. The minimum absolute atomic E-state index is 0.0628. The van der Waals surface area contributed by atoms with Crippen LogP contribution in [0.1, 0.15) is 20.8 Å². The molecule has 1 N–H and O–H groups in total. The molecule has 0 radical (unpaired) electrons. The van der Waals surface area contributed by atoms with E-state index < -0.39 is 0 Å². The molecule has 0 fully saturated rings. The van der Waals surface area contributed by atoms with Crippen molar-refractivity contribution in [1.29, 1.82) is 0 Å². The van der Waals surface area contributed by atoms with Crippen molar-refractivity contribution in [3.8, 4) is 0 Å². The van der Waals surface area contributed by atoms with Crippen LogP contribution in [0.4, 0.5) is 0 Å². The standard InChI is InChI=1S/C10H20N2O/c1-7-12(5,6)9(4)11-10(13)8(2)3/h9H,2,7H2,1,3-6H3/p+1. The van der Waals surface area contributed by atoms with Gasteiger partial charge in [0.05, 0.1) is 20.6 Å². The van der Waals surface area contributed by atoms with Crippen LogP contribution in [-0.2, 0) is 4.79 Å². The molecule has 0 aromatic carbocycles. The third-order valence-electron chi connectivity index (χ3n) is 2.59. The molecule has 3 heteroatoms. The third-order valence-corrected chi connectivity index (χ3v) is 2.59. The zero-order valence-electron chi connectivity index (χ0n) is 9.35. The van der Waals surface area contributed by atoms with Gasteiger partial charge in [0.1, 0.15) is 0 Å². The zero-order valence-corrected chi connectivity index (χ0v) is 9.35. The monoisotopic (exact) mass is 185 g/mol. The molecule has 1 amide bonds. The van der Waals surface area contributed by atoms with Crippen molar-refractivity contribution in [2.45, 2.75) is 26.9 Å². The third kappa shape index (κ3) is 3.59. The number of rotatable bonds is 4. The lowest BCUT2D eigenvalue weighted by Gasteiger charge is -2.35. The highest BCUT2D eigenvalue weighted by Crippen LogP contribution is 2.03. The summed E-state index contributed by atoms with van der Waals surface area (Å²) in [7, 11) is 4.17. The number of carbonyl (C=O) groups excluding carboxylic acids is 1. The van der Waals surface area contributed by atoms with Crippen molar-refractivity contribution in [3.63, 3.8) is 0 Å². The van der Waals surface area contributed by atoms with Gasteiger partial charge in [-0.2, -0.15) is 0 Å². The average Bonchev–Trinajstić information content (AvgIpc) is 2.04. The molecule has 0 aliphatic carbocycles. The van der Waals surface area contributed by atoms with E-state index in [1.54, 1.807) is 6.92 Å². The number of hydrogen-bond acceptors (Lipinski definition) is 1. The number of carbonyl (C=O) groups is 1. The topological polar surface area (TPSA) is 29.1 Å². The molecule has 0 saturated heterocycles. The van der Waals surface area contributed by atoms with E-state index in [0.29, 0.717) is 5.57 Å². The second-order valence-corrected chi connectivity index (χ2v) is 4.02. The minimum Gasteiger partial charge on any atom is -0.309 e. The maximum atomic E-state index is 11.3. The molecule has 0 aliphatic heterocycles. The second kappa shape index (κ2) is 4.42. The Morgan fingerprint density at radius 3 is 2.31 bits per heavy atom. The van der Waals surface area contributed by atoms with Gasteiger partial charge in [-0.1, -0.05) is 6.58 Å². The van der Waals surface area contributed by atoms with Crippen molar-refractivity contribution in [1.82, 2.24) is 5.32 Å². The predicted molar refractivity (Wildman–Crippen MR) is 55.1 cm³/mol. The van der Waals surface area contributed by atoms with Gasteiger partial charge in [-0.25, -0.2) is 0 Å². The average molecular weight is 185 g/mol. The molecule has 0 spiro atoms. The van der Waals surface area contributed by atoms with Gasteiger partial charge in [-0.15, -0.1) is 0 Å². The van der Waals surface area contributed by atoms with Gasteiger partial charge in [-0.3, -0.25) is 4.79 Å². The lowest BCUT2D eigenvalue weighted by Crippen LogP contribution is -2.55. The quantitative estimate of drug-likeness (QED) is 0.397. The van der Waals surface area contributed by atoms with Crippen molar-refractivity contribution in [2.75, 3.05) is 20.6 Å². The number of quaternary nitrogens is 1. The summed E-state index contributed by atoms with van der Waals surface area (Å²) in [6, 6.07) is 0. The van der Waals surface area contributed by atoms with E-state index in [-0.39, 0.29) is 12.1 Å². The molecule has 0 aromatic rings. The van der Waals surface area contributed by atoms with Crippen LogP contribution in [0.2, 0.25) is 0 Å². The van der Waals surface area contributed by atoms with Crippen LogP contribution < -0.4 is 5.32 Å². The molecule has 1 atom stereocenters. The van der Waals surface area contributed by atoms with Gasteiger partial charge in [0.25, 0.3) is 5.91 Å². The highest BCUT2D eigenvalue weighted by atomic mass is 16.1. The number of amides is 1. The van der Waals surface area contributed by atoms with E-state index in [9.17, 15) is 4.79 Å². The van der Waals surface area contributed by atoms with Crippen molar-refractivity contribution in [3.05, 3.63) is 12.2 Å². The Morgan fingerprint density at radius 2 is 2.00 bits per heavy atom. The first-order chi connectivity index (χ1) is 5.81. The predicted octanol–water partition coefficient (Wildman–Crippen LogP) is 1.12. The first-order valence-corrected chi connectivity index (χ1v) is 4.60. The number of hydrogen-bond donors (Lipinski definition) is 1. The fourth-order valence-corrected chi connectivity index (χ4v) is 0.762. The summed E-state index contributed by atoms with van der Waals surface area (Å²) in [6.45, 7) is 10.4. The van der Waals surface area contributed by atoms with E-state index in [1.807, 2.05) is 6.92 Å². The first-order valence-electron chi connectivity index (χ1n) is 4.60. The van der Waals surface area contributed by atoms with E-state index >= 15 is 0 Å². The summed E-state index contributed by atoms with van der Waals surface area (Å²) >= 11 is 0. The van der Waals surface area contributed by atoms with Crippen molar-refractivity contribution in [2.24, 2.45) is 0 Å². The van der Waals surface area contributed by atoms with E-state index in [4.69, 9.17) is 0 Å². The molecule has 1 unspecified atom stereocenters. The smallest absolute Gasteiger partial charge is 0.250 e. The lowest BCUT2D eigenvalue weighted by molar-refractivity contribution is -0.913. The Balaban J connectivity index is 4.23. The SMILES string of the molecule is C=C(C)C(=O)NC(C)[N+](C)(C)CC. The highest BCUT2D eigenvalue weighted by molar-refractivity contribution is 5.92. The fourth-order valence-electron chi connectivity index (χ4n) is 0.762. The Labute approximate surface area is 81.0 Å². The largest absolute Gasteiger partial charge is 0.309 e. The van der Waals surface area contributed by atoms with E-state index in [1.165, 1.54) is 0 Å². The normalized spacial score (nSPS) is 13.6. The first kappa shape index (κ1) is 12.2. The molecule has 0 heterocycles. The minimum atomic E-state index is -0.0628. The Morgan fingerprint density at radius 1 is 1.54 bits per heavy atom. The summed E-state index contributed by atoms with van der Waals surface area (Å²) < 4.78 is 0.777.